The number of carbonyl (C=O) groups is 1. The molecule has 0 aliphatic carbocycles. The van der Waals surface area contributed by atoms with Gasteiger partial charge in [0.1, 0.15) is 0 Å². The molecular weight excluding hydrogens is 406 g/mol. The van der Waals surface area contributed by atoms with Crippen molar-refractivity contribution in [2.24, 2.45) is 5.10 Å². The van der Waals surface area contributed by atoms with Gasteiger partial charge in [0.25, 0.3) is 0 Å². The second-order valence-electron chi connectivity index (χ2n) is 5.16. The van der Waals surface area contributed by atoms with Crippen molar-refractivity contribution in [2.75, 3.05) is 0 Å². The Morgan fingerprint density at radius 3 is 2.68 bits per heavy atom. The van der Waals surface area contributed by atoms with Crippen LogP contribution >= 0.6 is 27.3 Å². The standard InChI is InChI=1S/C17H12BrN3O3S/c18-15-7-5-11(13-3-1-2-4-14(13)15)9-16(22)20-19-10-12-6-8-17(25-12)21(23)24/h1-8,10H,9H2,(H,20,22)/b19-10+. The van der Waals surface area contributed by atoms with E-state index in [0.717, 1.165) is 32.1 Å². The quantitative estimate of drug-likeness (QED) is 0.382. The number of amides is 1. The summed E-state index contributed by atoms with van der Waals surface area (Å²) in [6.07, 6.45) is 1.59. The first-order valence-electron chi connectivity index (χ1n) is 7.27. The molecule has 0 spiro atoms. The monoisotopic (exact) mass is 417 g/mol. The highest BCUT2D eigenvalue weighted by molar-refractivity contribution is 9.10. The van der Waals surface area contributed by atoms with E-state index in [0.29, 0.717) is 4.88 Å². The predicted octanol–water partition coefficient (Wildman–Crippen LogP) is 4.26. The molecule has 0 radical (unpaired) electrons. The number of carbonyl (C=O) groups excluding carboxylic acids is 1. The van der Waals surface area contributed by atoms with Crippen LogP contribution in [0.2, 0.25) is 0 Å². The van der Waals surface area contributed by atoms with E-state index in [-0.39, 0.29) is 17.3 Å². The number of nitro groups is 1. The molecular formula is C17H12BrN3O3S. The fourth-order valence-corrected chi connectivity index (χ4v) is 3.54. The van der Waals surface area contributed by atoms with E-state index < -0.39 is 4.92 Å². The summed E-state index contributed by atoms with van der Waals surface area (Å²) >= 11 is 4.50. The molecule has 3 rings (SSSR count). The summed E-state index contributed by atoms with van der Waals surface area (Å²) in [6.45, 7) is 0. The predicted molar refractivity (Wildman–Crippen MR) is 102 cm³/mol. The Bertz CT molecular complexity index is 984. The highest BCUT2D eigenvalue weighted by Gasteiger charge is 2.09. The molecule has 1 aromatic heterocycles. The first kappa shape index (κ1) is 17.2. The summed E-state index contributed by atoms with van der Waals surface area (Å²) in [4.78, 5) is 22.9. The van der Waals surface area contributed by atoms with Crippen molar-refractivity contribution in [3.63, 3.8) is 0 Å². The SMILES string of the molecule is O=C(Cc1ccc(Br)c2ccccc12)N/N=C/c1ccc([N+](=O)[O-])s1. The molecule has 0 atom stereocenters. The van der Waals surface area contributed by atoms with Crippen molar-refractivity contribution in [3.05, 3.63) is 73.6 Å². The van der Waals surface area contributed by atoms with Crippen LogP contribution in [-0.2, 0) is 11.2 Å². The van der Waals surface area contributed by atoms with E-state index in [2.05, 4.69) is 26.5 Å². The van der Waals surface area contributed by atoms with Gasteiger partial charge in [-0.25, -0.2) is 5.43 Å². The van der Waals surface area contributed by atoms with E-state index in [1.165, 1.54) is 12.3 Å². The fraction of sp³-hybridized carbons (Fsp3) is 0.0588. The van der Waals surface area contributed by atoms with Gasteiger partial charge in [-0.3, -0.25) is 14.9 Å². The van der Waals surface area contributed by atoms with Gasteiger partial charge in [0.15, 0.2) is 0 Å². The number of thiophene rings is 1. The smallest absolute Gasteiger partial charge is 0.273 e. The summed E-state index contributed by atoms with van der Waals surface area (Å²) in [5.74, 6) is -0.255. The molecule has 0 aliphatic rings. The van der Waals surface area contributed by atoms with Crippen molar-refractivity contribution in [3.8, 4) is 0 Å². The number of hydrogen-bond acceptors (Lipinski definition) is 5. The van der Waals surface area contributed by atoms with Gasteiger partial charge in [-0.15, -0.1) is 0 Å². The third kappa shape index (κ3) is 4.09. The van der Waals surface area contributed by atoms with E-state index in [1.54, 1.807) is 6.07 Å². The van der Waals surface area contributed by atoms with Crippen molar-refractivity contribution in [2.45, 2.75) is 6.42 Å². The van der Waals surface area contributed by atoms with Crippen molar-refractivity contribution in [1.29, 1.82) is 0 Å². The Kier molecular flexibility index (Phi) is 5.20. The van der Waals surface area contributed by atoms with Crippen LogP contribution in [0.5, 0.6) is 0 Å². The summed E-state index contributed by atoms with van der Waals surface area (Å²) < 4.78 is 0.976. The van der Waals surface area contributed by atoms with Crippen molar-refractivity contribution < 1.29 is 9.72 Å². The molecule has 0 unspecified atom stereocenters. The van der Waals surface area contributed by atoms with Crippen LogP contribution in [0, 0.1) is 10.1 Å². The molecule has 2 aromatic carbocycles. The van der Waals surface area contributed by atoms with Crippen molar-refractivity contribution >= 4 is 55.2 Å². The van der Waals surface area contributed by atoms with Crippen LogP contribution in [-0.4, -0.2) is 17.0 Å². The first-order valence-corrected chi connectivity index (χ1v) is 8.88. The Morgan fingerprint density at radius 2 is 1.96 bits per heavy atom. The molecule has 1 amide bonds. The topological polar surface area (TPSA) is 84.6 Å². The molecule has 126 valence electrons. The summed E-state index contributed by atoms with van der Waals surface area (Å²) in [7, 11) is 0. The largest absolute Gasteiger partial charge is 0.324 e. The van der Waals surface area contributed by atoms with Crippen LogP contribution in [0.15, 0.2) is 58.1 Å². The number of hydrazone groups is 1. The second-order valence-corrected chi connectivity index (χ2v) is 7.10. The minimum absolute atomic E-state index is 0.0362. The molecule has 1 N–H and O–H groups in total. The molecule has 0 fully saturated rings. The van der Waals surface area contributed by atoms with Crippen LogP contribution in [0.3, 0.4) is 0 Å². The molecule has 0 aliphatic heterocycles. The van der Waals surface area contributed by atoms with E-state index in [1.807, 2.05) is 36.4 Å². The molecule has 6 nitrogen and oxygen atoms in total. The van der Waals surface area contributed by atoms with Gasteiger partial charge in [-0.2, -0.15) is 5.10 Å². The number of halogens is 1. The van der Waals surface area contributed by atoms with Gasteiger partial charge in [0.05, 0.1) is 22.4 Å². The minimum Gasteiger partial charge on any atom is -0.273 e. The highest BCUT2D eigenvalue weighted by atomic mass is 79.9. The number of rotatable bonds is 5. The third-order valence-electron chi connectivity index (χ3n) is 3.49. The zero-order chi connectivity index (χ0) is 17.8. The number of nitrogens with one attached hydrogen (secondary N) is 1. The normalized spacial score (nSPS) is 11.1. The molecule has 0 saturated heterocycles. The zero-order valence-electron chi connectivity index (χ0n) is 12.8. The first-order chi connectivity index (χ1) is 12.0. The maximum atomic E-state index is 12.1. The molecule has 0 bridgehead atoms. The lowest BCUT2D eigenvalue weighted by Gasteiger charge is -2.07. The summed E-state index contributed by atoms with van der Waals surface area (Å²) in [6, 6.07) is 14.6. The Hall–Kier alpha value is -2.58. The van der Waals surface area contributed by atoms with Gasteiger partial charge in [0.2, 0.25) is 5.91 Å². The molecule has 8 heteroatoms. The molecule has 3 aromatic rings. The van der Waals surface area contributed by atoms with Crippen molar-refractivity contribution in [1.82, 2.24) is 5.43 Å². The molecule has 0 saturated carbocycles. The highest BCUT2D eigenvalue weighted by Crippen LogP contribution is 2.27. The number of nitrogens with zero attached hydrogens (tertiary/aromatic N) is 2. The van der Waals surface area contributed by atoms with Gasteiger partial charge >= 0.3 is 5.00 Å². The average molecular weight is 418 g/mol. The van der Waals surface area contributed by atoms with Crippen LogP contribution in [0.25, 0.3) is 10.8 Å². The van der Waals surface area contributed by atoms with Crippen LogP contribution in [0.4, 0.5) is 5.00 Å². The van der Waals surface area contributed by atoms with Gasteiger partial charge in [0, 0.05) is 10.5 Å². The second kappa shape index (κ2) is 7.54. The van der Waals surface area contributed by atoms with E-state index in [4.69, 9.17) is 0 Å². The third-order valence-corrected chi connectivity index (χ3v) is 5.15. The molecule has 25 heavy (non-hydrogen) atoms. The van der Waals surface area contributed by atoms with Crippen LogP contribution in [0.1, 0.15) is 10.4 Å². The Morgan fingerprint density at radius 1 is 1.20 bits per heavy atom. The van der Waals surface area contributed by atoms with Crippen LogP contribution < -0.4 is 5.43 Å². The van der Waals surface area contributed by atoms with E-state index in [9.17, 15) is 14.9 Å². The fourth-order valence-electron chi connectivity index (χ4n) is 2.37. The summed E-state index contributed by atoms with van der Waals surface area (Å²) in [5, 5.41) is 16.6. The average Bonchev–Trinajstić information content (AvgIpc) is 3.07. The lowest BCUT2D eigenvalue weighted by atomic mass is 10.0. The lowest BCUT2D eigenvalue weighted by Crippen LogP contribution is -2.19. The maximum absolute atomic E-state index is 12.1. The zero-order valence-corrected chi connectivity index (χ0v) is 15.2. The van der Waals surface area contributed by atoms with Gasteiger partial charge in [-0.05, 0) is 28.5 Å². The maximum Gasteiger partial charge on any atom is 0.324 e. The summed E-state index contributed by atoms with van der Waals surface area (Å²) in [5.41, 5.74) is 3.35. The van der Waals surface area contributed by atoms with E-state index >= 15 is 0 Å². The number of fused-ring (bicyclic) bond motifs is 1. The minimum atomic E-state index is -0.459. The number of hydrogen-bond donors (Lipinski definition) is 1. The lowest BCUT2D eigenvalue weighted by molar-refractivity contribution is -0.380. The Labute approximate surface area is 155 Å². The molecule has 1 heterocycles. The van der Waals surface area contributed by atoms with Gasteiger partial charge in [-0.1, -0.05) is 57.6 Å². The van der Waals surface area contributed by atoms with Gasteiger partial charge < -0.3 is 0 Å². The Balaban J connectivity index is 1.68. The number of benzene rings is 2.